The van der Waals surface area contributed by atoms with Gasteiger partial charge in [-0.05, 0) is 35.6 Å². The molecule has 1 fully saturated rings. The molecule has 1 amide bonds. The Morgan fingerprint density at radius 1 is 1.08 bits per heavy atom. The number of hydrogen-bond acceptors (Lipinski definition) is 5. The van der Waals surface area contributed by atoms with E-state index in [0.29, 0.717) is 6.42 Å². The van der Waals surface area contributed by atoms with Crippen LogP contribution in [-0.2, 0) is 28.8 Å². The maximum absolute atomic E-state index is 11.3. The number of nitrogens with one attached hydrogen (secondary N) is 1. The Kier molecular flexibility index (Phi) is 5.98. The number of rotatable bonds is 6. The van der Waals surface area contributed by atoms with Crippen molar-refractivity contribution >= 4 is 11.6 Å². The van der Waals surface area contributed by atoms with E-state index >= 15 is 0 Å². The van der Waals surface area contributed by atoms with Crippen molar-refractivity contribution in [2.24, 2.45) is 5.84 Å². The number of nitrogens with two attached hydrogens (primary N) is 1. The van der Waals surface area contributed by atoms with E-state index < -0.39 is 0 Å². The second-order valence-electron chi connectivity index (χ2n) is 6.21. The summed E-state index contributed by atoms with van der Waals surface area (Å²) in [6.45, 7) is 3.39. The minimum atomic E-state index is -0.182. The fraction of sp³-hybridized carbons (Fsp3) is 0.368. The van der Waals surface area contributed by atoms with Gasteiger partial charge in [0.15, 0.2) is 0 Å². The summed E-state index contributed by atoms with van der Waals surface area (Å²) in [5.74, 6) is 4.93. The van der Waals surface area contributed by atoms with Gasteiger partial charge in [0.1, 0.15) is 0 Å². The van der Waals surface area contributed by atoms with Gasteiger partial charge in [-0.25, -0.2) is 5.84 Å². The van der Waals surface area contributed by atoms with Crippen LogP contribution in [0.1, 0.15) is 16.7 Å². The number of nitrogens with zero attached hydrogens (tertiary/aromatic N) is 2. The van der Waals surface area contributed by atoms with Crippen LogP contribution in [0, 0.1) is 0 Å². The highest BCUT2D eigenvalue weighted by atomic mass is 16.5. The molecule has 25 heavy (non-hydrogen) atoms. The highest BCUT2D eigenvalue weighted by molar-refractivity contribution is 5.77. The predicted molar refractivity (Wildman–Crippen MR) is 97.2 cm³/mol. The molecule has 1 aromatic heterocycles. The molecule has 1 aromatic carbocycles. The molecule has 0 saturated carbocycles. The largest absolute Gasteiger partial charge is 0.378 e. The molecular weight excluding hydrogens is 316 g/mol. The Morgan fingerprint density at radius 3 is 2.48 bits per heavy atom. The summed E-state index contributed by atoms with van der Waals surface area (Å²) in [7, 11) is 0. The molecule has 0 bridgehead atoms. The van der Waals surface area contributed by atoms with Gasteiger partial charge in [-0.1, -0.05) is 24.3 Å². The van der Waals surface area contributed by atoms with Gasteiger partial charge in [0.25, 0.3) is 0 Å². The van der Waals surface area contributed by atoms with Crippen LogP contribution in [0.25, 0.3) is 0 Å². The van der Waals surface area contributed by atoms with Crippen LogP contribution in [0.4, 0.5) is 5.69 Å². The molecule has 132 valence electrons. The van der Waals surface area contributed by atoms with Gasteiger partial charge in [0.2, 0.25) is 5.91 Å². The molecule has 0 aliphatic carbocycles. The van der Waals surface area contributed by atoms with E-state index in [2.05, 4.69) is 33.5 Å². The SMILES string of the molecule is NNC(=O)Cc1ccc(CCc2cncc(N3CCOCC3)c2)cc1. The van der Waals surface area contributed by atoms with Gasteiger partial charge in [0, 0.05) is 19.3 Å². The maximum atomic E-state index is 11.3. The molecule has 0 unspecified atom stereocenters. The van der Waals surface area contributed by atoms with E-state index in [0.717, 1.165) is 44.7 Å². The molecule has 0 atom stereocenters. The van der Waals surface area contributed by atoms with E-state index in [1.165, 1.54) is 16.8 Å². The molecule has 1 aliphatic rings. The van der Waals surface area contributed by atoms with E-state index in [-0.39, 0.29) is 5.91 Å². The van der Waals surface area contributed by atoms with Crippen molar-refractivity contribution in [2.45, 2.75) is 19.3 Å². The molecule has 6 heteroatoms. The minimum Gasteiger partial charge on any atom is -0.378 e. The number of hydrazine groups is 1. The van der Waals surface area contributed by atoms with Crippen molar-refractivity contribution in [3.8, 4) is 0 Å². The van der Waals surface area contributed by atoms with E-state index in [1.807, 2.05) is 24.5 Å². The van der Waals surface area contributed by atoms with Crippen molar-refractivity contribution in [1.29, 1.82) is 0 Å². The first-order chi connectivity index (χ1) is 12.2. The number of ether oxygens (including phenoxy) is 1. The van der Waals surface area contributed by atoms with Gasteiger partial charge in [-0.2, -0.15) is 0 Å². The van der Waals surface area contributed by atoms with E-state index in [4.69, 9.17) is 10.6 Å². The minimum absolute atomic E-state index is 0.182. The third-order valence-electron chi connectivity index (χ3n) is 4.41. The number of amides is 1. The van der Waals surface area contributed by atoms with Gasteiger partial charge in [0.05, 0.1) is 31.5 Å². The van der Waals surface area contributed by atoms with Crippen molar-refractivity contribution in [1.82, 2.24) is 10.4 Å². The monoisotopic (exact) mass is 340 g/mol. The van der Waals surface area contributed by atoms with E-state index in [9.17, 15) is 4.79 Å². The number of pyridine rings is 1. The number of benzene rings is 1. The zero-order chi connectivity index (χ0) is 17.5. The molecule has 2 heterocycles. The van der Waals surface area contributed by atoms with E-state index in [1.54, 1.807) is 0 Å². The normalized spacial score (nSPS) is 14.4. The van der Waals surface area contributed by atoms with Crippen LogP contribution in [0.5, 0.6) is 0 Å². The second-order valence-corrected chi connectivity index (χ2v) is 6.21. The molecule has 0 spiro atoms. The van der Waals surface area contributed by atoms with Crippen molar-refractivity contribution in [2.75, 3.05) is 31.2 Å². The van der Waals surface area contributed by atoms with Crippen molar-refractivity contribution < 1.29 is 9.53 Å². The van der Waals surface area contributed by atoms with Crippen LogP contribution in [0.3, 0.4) is 0 Å². The first-order valence-corrected chi connectivity index (χ1v) is 8.58. The topological polar surface area (TPSA) is 80.5 Å². The van der Waals surface area contributed by atoms with Crippen LogP contribution in [-0.4, -0.2) is 37.2 Å². The number of anilines is 1. The lowest BCUT2D eigenvalue weighted by atomic mass is 10.0. The fourth-order valence-electron chi connectivity index (χ4n) is 2.95. The van der Waals surface area contributed by atoms with Crippen LogP contribution >= 0.6 is 0 Å². The van der Waals surface area contributed by atoms with Gasteiger partial charge >= 0.3 is 0 Å². The summed E-state index contributed by atoms with van der Waals surface area (Å²) in [5.41, 5.74) is 6.76. The quantitative estimate of drug-likeness (QED) is 0.470. The third kappa shape index (κ3) is 5.01. The Balaban J connectivity index is 1.57. The highest BCUT2D eigenvalue weighted by Gasteiger charge is 2.11. The lowest BCUT2D eigenvalue weighted by Gasteiger charge is -2.28. The zero-order valence-corrected chi connectivity index (χ0v) is 14.3. The smallest absolute Gasteiger partial charge is 0.238 e. The Bertz CT molecular complexity index is 697. The summed E-state index contributed by atoms with van der Waals surface area (Å²) in [4.78, 5) is 18.0. The number of carbonyl (C=O) groups excluding carboxylic acids is 1. The molecule has 1 saturated heterocycles. The van der Waals surface area contributed by atoms with Gasteiger partial charge in [-0.15, -0.1) is 0 Å². The molecule has 2 aromatic rings. The highest BCUT2D eigenvalue weighted by Crippen LogP contribution is 2.17. The van der Waals surface area contributed by atoms with Gasteiger partial charge in [-0.3, -0.25) is 15.2 Å². The average Bonchev–Trinajstić information content (AvgIpc) is 2.68. The zero-order valence-electron chi connectivity index (χ0n) is 14.3. The summed E-state index contributed by atoms with van der Waals surface area (Å²) >= 11 is 0. The number of aryl methyl sites for hydroxylation is 2. The molecule has 3 rings (SSSR count). The first-order valence-electron chi connectivity index (χ1n) is 8.58. The summed E-state index contributed by atoms with van der Waals surface area (Å²) in [6.07, 6.45) is 6.05. The van der Waals surface area contributed by atoms with Crippen molar-refractivity contribution in [3.63, 3.8) is 0 Å². The first kappa shape index (κ1) is 17.4. The second kappa shape index (κ2) is 8.60. The number of aromatic nitrogens is 1. The average molecular weight is 340 g/mol. The maximum Gasteiger partial charge on any atom is 0.238 e. The fourth-order valence-corrected chi connectivity index (χ4v) is 2.95. The molecular formula is C19H24N4O2. The Hall–Kier alpha value is -2.44. The van der Waals surface area contributed by atoms with Crippen molar-refractivity contribution in [3.05, 3.63) is 59.4 Å². The number of morpholine rings is 1. The summed E-state index contributed by atoms with van der Waals surface area (Å²) in [5, 5.41) is 0. The van der Waals surface area contributed by atoms with Crippen LogP contribution in [0.2, 0.25) is 0 Å². The third-order valence-corrected chi connectivity index (χ3v) is 4.41. The summed E-state index contributed by atoms with van der Waals surface area (Å²) in [6, 6.07) is 10.3. The number of carbonyl (C=O) groups is 1. The predicted octanol–water partition coefficient (Wildman–Crippen LogP) is 1.24. The molecule has 6 nitrogen and oxygen atoms in total. The Labute approximate surface area is 148 Å². The lowest BCUT2D eigenvalue weighted by molar-refractivity contribution is -0.120. The summed E-state index contributed by atoms with van der Waals surface area (Å²) < 4.78 is 5.40. The Morgan fingerprint density at radius 2 is 1.76 bits per heavy atom. The molecule has 1 aliphatic heterocycles. The van der Waals surface area contributed by atoms with Crippen LogP contribution in [0.15, 0.2) is 42.7 Å². The van der Waals surface area contributed by atoms with Crippen LogP contribution < -0.4 is 16.2 Å². The van der Waals surface area contributed by atoms with Gasteiger partial charge < -0.3 is 9.64 Å². The number of hydrogen-bond donors (Lipinski definition) is 2. The molecule has 0 radical (unpaired) electrons. The lowest BCUT2D eigenvalue weighted by Crippen LogP contribution is -2.36. The molecule has 3 N–H and O–H groups in total. The standard InChI is InChI=1S/C19H24N4O2/c20-22-19(24)12-16-4-1-15(2-5-16)3-6-17-11-18(14-21-13-17)23-7-9-25-10-8-23/h1-2,4-5,11,13-14H,3,6-10,12,20H2,(H,22,24).